The number of carbonyl (C=O) groups excluding carboxylic acids is 1. The lowest BCUT2D eigenvalue weighted by Crippen LogP contribution is -2.62. The van der Waals surface area contributed by atoms with Gasteiger partial charge in [0.05, 0.1) is 23.8 Å². The van der Waals surface area contributed by atoms with E-state index >= 15 is 4.39 Å². The first-order chi connectivity index (χ1) is 21.5. The molecular formula is C32H26F5N5O3. The van der Waals surface area contributed by atoms with Crippen molar-refractivity contribution >= 4 is 33.3 Å². The molecule has 7 rings (SSSR count). The molecule has 2 aliphatic heterocycles. The summed E-state index contributed by atoms with van der Waals surface area (Å²) in [5.74, 6) is -2.01. The second-order valence-corrected chi connectivity index (χ2v) is 11.8. The van der Waals surface area contributed by atoms with Crippen LogP contribution in [0.3, 0.4) is 0 Å². The topological polar surface area (TPSA) is 100 Å². The number of methoxy groups -OCH3 is 1. The molecule has 1 saturated carbocycles. The fourth-order valence-electron chi connectivity index (χ4n) is 6.80. The Morgan fingerprint density at radius 1 is 1.09 bits per heavy atom. The number of nitrogens with zero attached hydrogens (tertiary/aromatic N) is 4. The lowest BCUT2D eigenvalue weighted by atomic mass is 9.82. The lowest BCUT2D eigenvalue weighted by molar-refractivity contribution is -0.177. The molecule has 4 heterocycles. The number of benzene rings is 2. The van der Waals surface area contributed by atoms with Gasteiger partial charge in [0.2, 0.25) is 5.78 Å². The predicted molar refractivity (Wildman–Crippen MR) is 155 cm³/mol. The Hall–Kier alpha value is -4.57. The summed E-state index contributed by atoms with van der Waals surface area (Å²) >= 11 is 0. The van der Waals surface area contributed by atoms with Crippen LogP contribution in [-0.4, -0.2) is 64.3 Å². The second kappa shape index (κ2) is 10.5. The zero-order chi connectivity index (χ0) is 31.8. The Balaban J connectivity index is 1.40. The zero-order valence-electron chi connectivity index (χ0n) is 23.9. The number of piperazine rings is 1. The number of rotatable bonds is 5. The van der Waals surface area contributed by atoms with Crippen LogP contribution in [0.15, 0.2) is 24.3 Å². The smallest absolute Gasteiger partial charge is 0.450 e. The number of anilines is 1. The van der Waals surface area contributed by atoms with E-state index in [0.29, 0.717) is 22.3 Å². The molecule has 0 spiro atoms. The van der Waals surface area contributed by atoms with E-state index in [0.717, 1.165) is 12.8 Å². The van der Waals surface area contributed by atoms with Crippen molar-refractivity contribution in [2.75, 3.05) is 25.1 Å². The number of piperidine rings is 1. The minimum Gasteiger partial charge on any atom is -0.508 e. The number of alkyl halides is 3. The molecule has 2 atom stereocenters. The van der Waals surface area contributed by atoms with Gasteiger partial charge >= 0.3 is 12.2 Å². The quantitative estimate of drug-likeness (QED) is 0.226. The summed E-state index contributed by atoms with van der Waals surface area (Å²) in [6, 6.07) is 4.27. The van der Waals surface area contributed by atoms with Gasteiger partial charge in [0.1, 0.15) is 28.6 Å². The standard InChI is InChI=1S/C32H26F5N5O3/c1-3-20-22(33)7-6-15-10-19(43)11-21(23(15)20)27-25(34)28-24(26(39-27)14-4-5-14)30(41-31(40-28)45-2)42-12-17-8-16(9-18(13-42)38-17)29(44)32(35,36)37/h1,6-7,10-11,14,16-18,38,43H,4-5,8-9,12-13H2,2H3. The number of phenols is 1. The second-order valence-electron chi connectivity index (χ2n) is 11.8. The summed E-state index contributed by atoms with van der Waals surface area (Å²) in [6.45, 7) is 0.422. The lowest BCUT2D eigenvalue weighted by Gasteiger charge is -2.45. The van der Waals surface area contributed by atoms with Crippen LogP contribution in [0.1, 0.15) is 42.9 Å². The highest BCUT2D eigenvalue weighted by molar-refractivity contribution is 6.03. The van der Waals surface area contributed by atoms with Crippen LogP contribution in [0.25, 0.3) is 32.9 Å². The zero-order valence-corrected chi connectivity index (χ0v) is 23.9. The highest BCUT2D eigenvalue weighted by Crippen LogP contribution is 2.48. The number of phenolic OH excluding ortho intramolecular Hbond substituents is 1. The van der Waals surface area contributed by atoms with Crippen LogP contribution < -0.4 is 15.0 Å². The third kappa shape index (κ3) is 4.97. The van der Waals surface area contributed by atoms with E-state index in [9.17, 15) is 27.5 Å². The number of halogens is 5. The van der Waals surface area contributed by atoms with Gasteiger partial charge in [-0.3, -0.25) is 4.79 Å². The molecule has 2 saturated heterocycles. The fourth-order valence-corrected chi connectivity index (χ4v) is 6.80. The average molecular weight is 624 g/mol. The summed E-state index contributed by atoms with van der Waals surface area (Å²) in [5, 5.41) is 14.8. The van der Waals surface area contributed by atoms with E-state index in [1.54, 1.807) is 0 Å². The van der Waals surface area contributed by atoms with E-state index < -0.39 is 41.6 Å². The van der Waals surface area contributed by atoms with E-state index in [-0.39, 0.29) is 71.3 Å². The maximum Gasteiger partial charge on any atom is 0.450 e. The summed E-state index contributed by atoms with van der Waals surface area (Å²) in [7, 11) is 1.33. The average Bonchev–Trinajstić information content (AvgIpc) is 3.85. The van der Waals surface area contributed by atoms with Crippen LogP contribution in [0.2, 0.25) is 0 Å². The first-order valence-electron chi connectivity index (χ1n) is 14.5. The molecule has 2 aromatic carbocycles. The number of Topliss-reactive ketones (excluding diaryl/α,β-unsaturated/α-hetero) is 1. The maximum absolute atomic E-state index is 16.8. The van der Waals surface area contributed by atoms with E-state index in [1.165, 1.54) is 31.4 Å². The number of ether oxygens (including phenoxy) is 1. The number of ketones is 1. The fraction of sp³-hybridized carbons (Fsp3) is 0.375. The van der Waals surface area contributed by atoms with Gasteiger partial charge < -0.3 is 20.1 Å². The molecule has 2 unspecified atom stereocenters. The summed E-state index contributed by atoms with van der Waals surface area (Å²) in [5.41, 5.74) is 0.211. The molecule has 0 radical (unpaired) electrons. The van der Waals surface area contributed by atoms with E-state index in [1.807, 2.05) is 4.90 Å². The highest BCUT2D eigenvalue weighted by Gasteiger charge is 2.48. The number of aromatic nitrogens is 3. The summed E-state index contributed by atoms with van der Waals surface area (Å²) < 4.78 is 76.5. The van der Waals surface area contributed by atoms with Crippen molar-refractivity contribution in [1.82, 2.24) is 20.3 Å². The molecule has 2 aromatic heterocycles. The monoisotopic (exact) mass is 623 g/mol. The molecule has 4 aromatic rings. The Labute approximate surface area is 253 Å². The highest BCUT2D eigenvalue weighted by atomic mass is 19.4. The van der Waals surface area contributed by atoms with Gasteiger partial charge in [-0.15, -0.1) is 6.42 Å². The molecule has 3 aliphatic rings. The third-order valence-corrected chi connectivity index (χ3v) is 8.81. The molecule has 13 heteroatoms. The first kappa shape index (κ1) is 29.2. The number of hydrogen-bond donors (Lipinski definition) is 2. The molecule has 232 valence electrons. The third-order valence-electron chi connectivity index (χ3n) is 8.81. The normalized spacial score (nSPS) is 21.6. The van der Waals surface area contributed by atoms with Gasteiger partial charge in [0.25, 0.3) is 0 Å². The minimum absolute atomic E-state index is 0.00359. The van der Waals surface area contributed by atoms with Gasteiger partial charge in [-0.2, -0.15) is 23.1 Å². The van der Waals surface area contributed by atoms with Crippen molar-refractivity contribution in [3.8, 4) is 35.4 Å². The molecule has 3 fully saturated rings. The molecule has 8 nitrogen and oxygen atoms in total. The van der Waals surface area contributed by atoms with Crippen molar-refractivity contribution in [1.29, 1.82) is 0 Å². The first-order valence-corrected chi connectivity index (χ1v) is 14.5. The number of terminal acetylenes is 1. The van der Waals surface area contributed by atoms with E-state index in [2.05, 4.69) is 21.2 Å². The van der Waals surface area contributed by atoms with Crippen molar-refractivity contribution in [2.45, 2.75) is 49.9 Å². The Bertz CT molecular complexity index is 1920. The Morgan fingerprint density at radius 3 is 2.42 bits per heavy atom. The van der Waals surface area contributed by atoms with Crippen molar-refractivity contribution in [2.24, 2.45) is 5.92 Å². The van der Waals surface area contributed by atoms with Gasteiger partial charge in [0, 0.05) is 48.0 Å². The van der Waals surface area contributed by atoms with Crippen LogP contribution in [0.5, 0.6) is 11.8 Å². The molecule has 0 amide bonds. The minimum atomic E-state index is -4.90. The number of hydrogen-bond acceptors (Lipinski definition) is 8. The molecule has 2 N–H and O–H groups in total. The maximum atomic E-state index is 16.8. The van der Waals surface area contributed by atoms with Crippen LogP contribution >= 0.6 is 0 Å². The molecule has 2 bridgehead atoms. The number of aromatic hydroxyl groups is 1. The van der Waals surface area contributed by atoms with Crippen LogP contribution in [-0.2, 0) is 4.79 Å². The van der Waals surface area contributed by atoms with Crippen molar-refractivity contribution < 1.29 is 36.6 Å². The van der Waals surface area contributed by atoms with Crippen LogP contribution in [0.4, 0.5) is 27.8 Å². The molecular weight excluding hydrogens is 597 g/mol. The number of fused-ring (bicyclic) bond motifs is 4. The largest absolute Gasteiger partial charge is 0.508 e. The van der Waals surface area contributed by atoms with Gasteiger partial charge in [0.15, 0.2) is 5.82 Å². The predicted octanol–water partition coefficient (Wildman–Crippen LogP) is 5.38. The van der Waals surface area contributed by atoms with Crippen LogP contribution in [0, 0.1) is 29.9 Å². The number of carbonyl (C=O) groups is 1. The van der Waals surface area contributed by atoms with Crippen molar-refractivity contribution in [3.05, 3.63) is 47.2 Å². The number of pyridine rings is 1. The molecule has 45 heavy (non-hydrogen) atoms. The SMILES string of the molecule is C#Cc1c(F)ccc2cc(O)cc(-c3nc(C4CC4)c4c(N5CC6CC(C(=O)C(F)(F)F)CC(C5)N6)nc(OC)nc4c3F)c12. The molecule has 1 aliphatic carbocycles. The van der Waals surface area contributed by atoms with Gasteiger partial charge in [-0.1, -0.05) is 12.0 Å². The Morgan fingerprint density at radius 2 is 1.80 bits per heavy atom. The Kier molecular flexibility index (Phi) is 6.81. The number of nitrogens with one attached hydrogen (secondary N) is 1. The van der Waals surface area contributed by atoms with Crippen molar-refractivity contribution in [3.63, 3.8) is 0 Å². The van der Waals surface area contributed by atoms with E-state index in [4.69, 9.17) is 16.1 Å². The summed E-state index contributed by atoms with van der Waals surface area (Å²) in [6.07, 6.45) is 2.27. The summed E-state index contributed by atoms with van der Waals surface area (Å²) in [4.78, 5) is 27.6. The van der Waals surface area contributed by atoms with Gasteiger partial charge in [-0.05, 0) is 49.3 Å². The van der Waals surface area contributed by atoms with Gasteiger partial charge in [-0.25, -0.2) is 13.8 Å².